The van der Waals surface area contributed by atoms with Crippen LogP contribution in [-0.4, -0.2) is 12.1 Å². The predicted octanol–water partition coefficient (Wildman–Crippen LogP) is 2.55. The minimum absolute atomic E-state index is 0. The van der Waals surface area contributed by atoms with E-state index in [1.807, 2.05) is 24.4 Å². The molecule has 1 N–H and O–H groups in total. The summed E-state index contributed by atoms with van der Waals surface area (Å²) >= 11 is 0. The largest absolute Gasteiger partial charge is 0.497 e. The van der Waals surface area contributed by atoms with E-state index in [1.165, 1.54) is 10.9 Å². The fourth-order valence-corrected chi connectivity index (χ4v) is 1.49. The Hall–Kier alpha value is -1.05. The van der Waals surface area contributed by atoms with Crippen molar-refractivity contribution in [1.82, 2.24) is 4.98 Å². The van der Waals surface area contributed by atoms with Crippen LogP contribution in [0.15, 0.2) is 24.4 Å². The van der Waals surface area contributed by atoms with Gasteiger partial charge in [-0.1, -0.05) is 5.56 Å². The summed E-state index contributed by atoms with van der Waals surface area (Å²) in [5.74, 6) is 0.891. The third-order valence-corrected chi connectivity index (χ3v) is 2.24. The summed E-state index contributed by atoms with van der Waals surface area (Å²) in [5.41, 5.74) is 2.37. The maximum Gasteiger partial charge on any atom is 0.119 e. The topological polar surface area (TPSA) is 25.0 Å². The first kappa shape index (κ1) is 11.0. The van der Waals surface area contributed by atoms with Crippen molar-refractivity contribution in [2.24, 2.45) is 0 Å². The molecule has 0 saturated heterocycles. The average Bonchev–Trinajstić information content (AvgIpc) is 2.59. The van der Waals surface area contributed by atoms with Crippen molar-refractivity contribution in [3.8, 4) is 5.75 Å². The molecular formula is C11H12AmNO-. The van der Waals surface area contributed by atoms with Gasteiger partial charge in [-0.2, -0.15) is 6.42 Å². The Morgan fingerprint density at radius 3 is 2.86 bits per heavy atom. The molecule has 0 atom stereocenters. The van der Waals surface area contributed by atoms with Crippen molar-refractivity contribution < 1.29 is 19.0 Å². The van der Waals surface area contributed by atoms with Crippen molar-refractivity contribution >= 4 is 10.9 Å². The molecule has 3 heteroatoms. The van der Waals surface area contributed by atoms with Crippen LogP contribution in [0, 0.1) is 21.2 Å². The van der Waals surface area contributed by atoms with E-state index < -0.39 is 0 Å². The number of hydrogen-bond acceptors (Lipinski definition) is 1. The summed E-state index contributed by atoms with van der Waals surface area (Å²) in [7, 11) is 1.68. The van der Waals surface area contributed by atoms with E-state index >= 15 is 0 Å². The molecule has 1 heterocycles. The van der Waals surface area contributed by atoms with E-state index in [0.29, 0.717) is 0 Å². The molecule has 14 heavy (non-hydrogen) atoms. The quantitative estimate of drug-likeness (QED) is 0.747. The molecule has 2 nitrogen and oxygen atoms in total. The van der Waals surface area contributed by atoms with E-state index in [0.717, 1.165) is 17.7 Å². The molecule has 1 aromatic carbocycles. The Balaban J connectivity index is 0.000000980. The second-order valence-corrected chi connectivity index (χ2v) is 2.98. The van der Waals surface area contributed by atoms with Crippen molar-refractivity contribution in [1.29, 1.82) is 0 Å². The second kappa shape index (κ2) is 4.45. The van der Waals surface area contributed by atoms with Gasteiger partial charge in [-0.25, -0.2) is 0 Å². The summed E-state index contributed by atoms with van der Waals surface area (Å²) < 4.78 is 5.16. The van der Waals surface area contributed by atoms with Gasteiger partial charge in [0, 0.05) is 31.4 Å². The van der Waals surface area contributed by atoms with Crippen LogP contribution in [0.25, 0.3) is 10.9 Å². The molecule has 2 aromatic rings. The van der Waals surface area contributed by atoms with Crippen LogP contribution in [0.1, 0.15) is 5.56 Å². The number of ether oxygens (including phenoxy) is 1. The minimum Gasteiger partial charge on any atom is -0.497 e. The zero-order chi connectivity index (χ0) is 9.26. The van der Waals surface area contributed by atoms with Gasteiger partial charge in [-0.3, -0.25) is 0 Å². The molecule has 0 saturated carbocycles. The Morgan fingerprint density at radius 2 is 2.21 bits per heavy atom. The number of aromatic nitrogens is 1. The molecule has 0 fully saturated rings. The van der Waals surface area contributed by atoms with Gasteiger partial charge >= 0.3 is 0 Å². The van der Waals surface area contributed by atoms with Crippen molar-refractivity contribution in [2.45, 2.75) is 6.42 Å². The molecule has 2 rings (SSSR count). The first-order valence-electron chi connectivity index (χ1n) is 4.28. The van der Waals surface area contributed by atoms with Crippen LogP contribution < -0.4 is 4.74 Å². The molecule has 75 valence electrons. The Kier molecular flexibility index (Phi) is 3.50. The Labute approximate surface area is 91.5 Å². The fourth-order valence-electron chi connectivity index (χ4n) is 1.49. The number of benzene rings is 1. The molecule has 1 radical (unpaired) electrons. The average molecular weight is 417 g/mol. The normalized spacial score (nSPS) is 9.86. The van der Waals surface area contributed by atoms with E-state index in [1.54, 1.807) is 7.11 Å². The number of hydrogen-bond donors (Lipinski definition) is 1. The number of rotatable bonds is 2. The summed E-state index contributed by atoms with van der Waals surface area (Å²) in [6, 6.07) is 6.01. The van der Waals surface area contributed by atoms with Crippen molar-refractivity contribution in [3.05, 3.63) is 36.9 Å². The van der Waals surface area contributed by atoms with Gasteiger partial charge in [0.25, 0.3) is 0 Å². The number of aromatic amines is 1. The summed E-state index contributed by atoms with van der Waals surface area (Å²) in [6.45, 7) is 3.87. The first-order chi connectivity index (χ1) is 6.35. The number of nitrogens with one attached hydrogen (secondary N) is 1. The molecule has 0 amide bonds. The second-order valence-electron chi connectivity index (χ2n) is 2.98. The smallest absolute Gasteiger partial charge is 0.119 e. The summed E-state index contributed by atoms with van der Waals surface area (Å²) in [4.78, 5) is 3.19. The van der Waals surface area contributed by atoms with Gasteiger partial charge in [0.2, 0.25) is 0 Å². The van der Waals surface area contributed by atoms with Crippen LogP contribution in [-0.2, 0) is 6.42 Å². The van der Waals surface area contributed by atoms with E-state index in [9.17, 15) is 0 Å². The molecule has 0 spiro atoms. The molecule has 0 aliphatic rings. The molecular weight excluding hydrogens is 405 g/mol. The zero-order valence-corrected chi connectivity index (χ0v) is 11.2. The minimum atomic E-state index is 0. The van der Waals surface area contributed by atoms with E-state index in [-0.39, 0.29) is 14.3 Å². The van der Waals surface area contributed by atoms with Gasteiger partial charge in [0.1, 0.15) is 5.75 Å². The number of fused-ring (bicyclic) bond motifs is 1. The van der Waals surface area contributed by atoms with Gasteiger partial charge in [-0.05, 0) is 18.2 Å². The zero-order valence-electron chi connectivity index (χ0n) is 8.01. The van der Waals surface area contributed by atoms with Gasteiger partial charge in [-0.15, -0.1) is 0 Å². The number of H-pyrrole nitrogens is 1. The maximum atomic E-state index is 5.16. The molecule has 0 unspecified atom stereocenters. The van der Waals surface area contributed by atoms with Gasteiger partial charge in [0.15, 0.2) is 0 Å². The van der Waals surface area contributed by atoms with Crippen molar-refractivity contribution in [3.63, 3.8) is 0 Å². The van der Waals surface area contributed by atoms with Gasteiger partial charge in [0.05, 0.1) is 7.11 Å². The van der Waals surface area contributed by atoms with E-state index in [4.69, 9.17) is 4.74 Å². The maximum absolute atomic E-state index is 5.16. The SMILES string of the molecule is [Am].[CH2-]Cc1c[nH]c2ccc(OC)cc12. The van der Waals surface area contributed by atoms with Crippen LogP contribution >= 0.6 is 0 Å². The predicted molar refractivity (Wildman–Crippen MR) is 53.9 cm³/mol. The third-order valence-electron chi connectivity index (χ3n) is 2.24. The van der Waals surface area contributed by atoms with Crippen LogP contribution in [0.2, 0.25) is 0 Å². The molecule has 1 aromatic heterocycles. The first-order valence-corrected chi connectivity index (χ1v) is 4.28. The summed E-state index contributed by atoms with van der Waals surface area (Å²) in [6.07, 6.45) is 2.80. The fraction of sp³-hybridized carbons (Fsp3) is 0.182. The van der Waals surface area contributed by atoms with Crippen LogP contribution in [0.3, 0.4) is 0 Å². The Bertz CT molecular complexity index is 422. The van der Waals surface area contributed by atoms with Crippen LogP contribution in [0.5, 0.6) is 5.75 Å². The standard InChI is InChI=1S/C11H12NO.Am/c1-3-8-7-12-11-5-4-9(13-2)6-10(8)11;/h4-7,12H,1,3H2,2H3;/q-1;. The number of methoxy groups -OCH3 is 1. The summed E-state index contributed by atoms with van der Waals surface area (Å²) in [5, 5.41) is 1.20. The Morgan fingerprint density at radius 1 is 1.43 bits per heavy atom. The van der Waals surface area contributed by atoms with E-state index in [2.05, 4.69) is 11.9 Å². The molecule has 0 aliphatic heterocycles. The molecule has 0 bridgehead atoms. The monoisotopic (exact) mass is 415 g/mol. The van der Waals surface area contributed by atoms with Crippen LogP contribution in [0.4, 0.5) is 0 Å². The molecule has 0 aliphatic carbocycles. The van der Waals surface area contributed by atoms with Crippen molar-refractivity contribution in [2.75, 3.05) is 7.11 Å². The van der Waals surface area contributed by atoms with Gasteiger partial charge < -0.3 is 16.6 Å². The third kappa shape index (κ3) is 1.74.